The molecule has 0 saturated heterocycles. The molecule has 1 heterocycles. The summed E-state index contributed by atoms with van der Waals surface area (Å²) in [5.41, 5.74) is 2.71. The zero-order chi connectivity index (χ0) is 17.8. The number of allylic oxidation sites excluding steroid dienone is 1. The minimum atomic E-state index is -0.315. The number of nitrogens with zero attached hydrogens (tertiary/aromatic N) is 2. The fourth-order valence-corrected chi connectivity index (χ4v) is 2.55. The zero-order valence-corrected chi connectivity index (χ0v) is 13.9. The van der Waals surface area contributed by atoms with Crippen LogP contribution in [0.5, 0.6) is 5.75 Å². The SMILES string of the molecule is COc1ccccc1/C=C/C(=O)c1cnn(-c2ccc(F)cc2)c1C. The highest BCUT2D eigenvalue weighted by Gasteiger charge is 2.13. The molecule has 0 spiro atoms. The van der Waals surface area contributed by atoms with E-state index in [1.165, 1.54) is 24.4 Å². The Morgan fingerprint density at radius 2 is 1.88 bits per heavy atom. The molecular formula is C20H17FN2O2. The van der Waals surface area contributed by atoms with Crippen molar-refractivity contribution in [1.82, 2.24) is 9.78 Å². The topological polar surface area (TPSA) is 44.1 Å². The number of carbonyl (C=O) groups excluding carboxylic acids is 1. The molecule has 25 heavy (non-hydrogen) atoms. The van der Waals surface area contributed by atoms with Crippen LogP contribution in [-0.4, -0.2) is 22.7 Å². The summed E-state index contributed by atoms with van der Waals surface area (Å²) < 4.78 is 19.9. The molecule has 0 saturated carbocycles. The van der Waals surface area contributed by atoms with Gasteiger partial charge in [0.05, 0.1) is 30.3 Å². The van der Waals surface area contributed by atoms with E-state index in [0.29, 0.717) is 22.7 Å². The second kappa shape index (κ2) is 7.13. The molecule has 3 aromatic rings. The Labute approximate surface area is 145 Å². The van der Waals surface area contributed by atoms with Gasteiger partial charge in [-0.15, -0.1) is 0 Å². The van der Waals surface area contributed by atoms with Crippen molar-refractivity contribution in [2.45, 2.75) is 6.92 Å². The minimum absolute atomic E-state index is 0.156. The average molecular weight is 336 g/mol. The Morgan fingerprint density at radius 3 is 2.60 bits per heavy atom. The second-order valence-corrected chi connectivity index (χ2v) is 5.47. The van der Waals surface area contributed by atoms with Crippen molar-refractivity contribution in [3.8, 4) is 11.4 Å². The maximum Gasteiger partial charge on any atom is 0.189 e. The van der Waals surface area contributed by atoms with Gasteiger partial charge < -0.3 is 4.74 Å². The molecular weight excluding hydrogens is 319 g/mol. The fourth-order valence-electron chi connectivity index (χ4n) is 2.55. The number of para-hydroxylation sites is 1. The number of methoxy groups -OCH3 is 1. The van der Waals surface area contributed by atoms with Crippen molar-refractivity contribution in [3.63, 3.8) is 0 Å². The van der Waals surface area contributed by atoms with Crippen LogP contribution in [0, 0.1) is 12.7 Å². The smallest absolute Gasteiger partial charge is 0.189 e. The van der Waals surface area contributed by atoms with Crippen LogP contribution in [0.15, 0.2) is 60.8 Å². The standard InChI is InChI=1S/C20H17FN2O2/c1-14-18(13-22-23(14)17-10-8-16(21)9-11-17)19(24)12-7-15-5-3-4-6-20(15)25-2/h3-13H,1-2H3/b12-7+. The first-order valence-corrected chi connectivity index (χ1v) is 7.76. The summed E-state index contributed by atoms with van der Waals surface area (Å²) >= 11 is 0. The number of halogens is 1. The molecule has 0 N–H and O–H groups in total. The monoisotopic (exact) mass is 336 g/mol. The second-order valence-electron chi connectivity index (χ2n) is 5.47. The summed E-state index contributed by atoms with van der Waals surface area (Å²) in [5.74, 6) is 0.228. The minimum Gasteiger partial charge on any atom is -0.496 e. The molecule has 0 bridgehead atoms. The van der Waals surface area contributed by atoms with Crippen LogP contribution in [0.1, 0.15) is 21.6 Å². The van der Waals surface area contributed by atoms with Crippen molar-refractivity contribution in [2.24, 2.45) is 0 Å². The van der Waals surface area contributed by atoms with Gasteiger partial charge in [-0.2, -0.15) is 5.10 Å². The molecule has 1 aromatic heterocycles. The van der Waals surface area contributed by atoms with Crippen molar-refractivity contribution in [2.75, 3.05) is 7.11 Å². The molecule has 4 nitrogen and oxygen atoms in total. The fraction of sp³-hybridized carbons (Fsp3) is 0.100. The van der Waals surface area contributed by atoms with Gasteiger partial charge in [0.25, 0.3) is 0 Å². The predicted octanol–water partition coefficient (Wildman–Crippen LogP) is 4.22. The van der Waals surface area contributed by atoms with Crippen LogP contribution in [-0.2, 0) is 0 Å². The molecule has 0 radical (unpaired) electrons. The molecule has 0 aliphatic carbocycles. The number of hydrogen-bond acceptors (Lipinski definition) is 3. The third-order valence-corrected chi connectivity index (χ3v) is 3.90. The molecule has 2 aromatic carbocycles. The third-order valence-electron chi connectivity index (χ3n) is 3.90. The molecule has 0 fully saturated rings. The van der Waals surface area contributed by atoms with Crippen LogP contribution in [0.4, 0.5) is 4.39 Å². The summed E-state index contributed by atoms with van der Waals surface area (Å²) in [6.07, 6.45) is 4.74. The Morgan fingerprint density at radius 1 is 1.16 bits per heavy atom. The highest BCUT2D eigenvalue weighted by atomic mass is 19.1. The number of hydrogen-bond donors (Lipinski definition) is 0. The maximum absolute atomic E-state index is 13.1. The van der Waals surface area contributed by atoms with E-state index in [-0.39, 0.29) is 11.6 Å². The van der Waals surface area contributed by atoms with Gasteiger partial charge in [-0.3, -0.25) is 4.79 Å². The molecule has 126 valence electrons. The van der Waals surface area contributed by atoms with Crippen LogP contribution in [0.25, 0.3) is 11.8 Å². The maximum atomic E-state index is 13.1. The number of ether oxygens (including phenoxy) is 1. The van der Waals surface area contributed by atoms with E-state index >= 15 is 0 Å². The molecule has 5 heteroatoms. The van der Waals surface area contributed by atoms with Crippen LogP contribution in [0.3, 0.4) is 0 Å². The number of benzene rings is 2. The largest absolute Gasteiger partial charge is 0.496 e. The summed E-state index contributed by atoms with van der Waals surface area (Å²) in [6, 6.07) is 13.4. The van der Waals surface area contributed by atoms with E-state index in [2.05, 4.69) is 5.10 Å². The van der Waals surface area contributed by atoms with Gasteiger partial charge >= 0.3 is 0 Å². The molecule has 0 aliphatic rings. The number of carbonyl (C=O) groups is 1. The van der Waals surface area contributed by atoms with E-state index < -0.39 is 0 Å². The number of rotatable bonds is 5. The molecule has 0 unspecified atom stereocenters. The molecule has 0 amide bonds. The first-order valence-electron chi connectivity index (χ1n) is 7.76. The highest BCUT2D eigenvalue weighted by molar-refractivity contribution is 6.07. The Hall–Kier alpha value is -3.21. The van der Waals surface area contributed by atoms with Crippen molar-refractivity contribution < 1.29 is 13.9 Å². The van der Waals surface area contributed by atoms with Crippen molar-refractivity contribution in [3.05, 3.63) is 83.4 Å². The number of aromatic nitrogens is 2. The summed E-state index contributed by atoms with van der Waals surface area (Å²) in [6.45, 7) is 1.81. The van der Waals surface area contributed by atoms with Crippen LogP contribution in [0.2, 0.25) is 0 Å². The van der Waals surface area contributed by atoms with Crippen molar-refractivity contribution >= 4 is 11.9 Å². The van der Waals surface area contributed by atoms with Gasteiger partial charge in [0, 0.05) is 5.56 Å². The summed E-state index contributed by atoms with van der Waals surface area (Å²) in [4.78, 5) is 12.5. The van der Waals surface area contributed by atoms with Gasteiger partial charge in [0.2, 0.25) is 0 Å². The van der Waals surface area contributed by atoms with Crippen molar-refractivity contribution in [1.29, 1.82) is 0 Å². The summed E-state index contributed by atoms with van der Waals surface area (Å²) in [7, 11) is 1.59. The van der Waals surface area contributed by atoms with E-state index in [0.717, 1.165) is 5.56 Å². The Kier molecular flexibility index (Phi) is 4.75. The molecule has 0 aliphatic heterocycles. The Bertz CT molecular complexity index is 927. The summed E-state index contributed by atoms with van der Waals surface area (Å²) in [5, 5.41) is 4.24. The first-order chi connectivity index (χ1) is 12.1. The van der Waals surface area contributed by atoms with E-state index in [4.69, 9.17) is 4.74 Å². The lowest BCUT2D eigenvalue weighted by atomic mass is 10.1. The van der Waals surface area contributed by atoms with E-state index in [1.807, 2.05) is 24.3 Å². The predicted molar refractivity (Wildman–Crippen MR) is 94.6 cm³/mol. The number of ketones is 1. The highest BCUT2D eigenvalue weighted by Crippen LogP contribution is 2.20. The van der Waals surface area contributed by atoms with Gasteiger partial charge in [-0.1, -0.05) is 18.2 Å². The lowest BCUT2D eigenvalue weighted by Gasteiger charge is -2.05. The lowest BCUT2D eigenvalue weighted by molar-refractivity contribution is 0.104. The molecule has 3 rings (SSSR count). The van der Waals surface area contributed by atoms with Gasteiger partial charge in [-0.05, 0) is 49.4 Å². The van der Waals surface area contributed by atoms with E-state index in [1.54, 1.807) is 36.9 Å². The Balaban J connectivity index is 1.86. The van der Waals surface area contributed by atoms with Gasteiger partial charge in [0.1, 0.15) is 11.6 Å². The third kappa shape index (κ3) is 3.50. The zero-order valence-electron chi connectivity index (χ0n) is 13.9. The first kappa shape index (κ1) is 16.6. The van der Waals surface area contributed by atoms with E-state index in [9.17, 15) is 9.18 Å². The van der Waals surface area contributed by atoms with Crippen LogP contribution >= 0.6 is 0 Å². The van der Waals surface area contributed by atoms with Gasteiger partial charge in [-0.25, -0.2) is 9.07 Å². The average Bonchev–Trinajstić information content (AvgIpc) is 3.02. The van der Waals surface area contributed by atoms with Gasteiger partial charge in [0.15, 0.2) is 5.78 Å². The quantitative estimate of drug-likeness (QED) is 0.517. The van der Waals surface area contributed by atoms with Crippen LogP contribution < -0.4 is 4.74 Å². The molecule has 0 atom stereocenters. The normalized spacial score (nSPS) is 11.0. The lowest BCUT2D eigenvalue weighted by Crippen LogP contribution is -2.01.